The Balaban J connectivity index is 3.13. The molecule has 84 valence electrons. The molecule has 1 aromatic rings. The van der Waals surface area contributed by atoms with E-state index in [1.165, 1.54) is 13.2 Å². The highest BCUT2D eigenvalue weighted by atomic mass is 79.9. The lowest BCUT2D eigenvalue weighted by atomic mass is 10.1. The molecule has 0 aromatic heterocycles. The second-order valence-corrected chi connectivity index (χ2v) is 3.83. The molecule has 0 aliphatic rings. The molecular weight excluding hydrogens is 268 g/mol. The van der Waals surface area contributed by atoms with Gasteiger partial charge in [0.25, 0.3) is 0 Å². The number of benzene rings is 1. The third-order valence-corrected chi connectivity index (χ3v) is 2.77. The molecule has 0 radical (unpaired) electrons. The number of halogens is 3. The maximum absolute atomic E-state index is 13.5. The quantitative estimate of drug-likeness (QED) is 0.856. The zero-order chi connectivity index (χ0) is 11.4. The minimum Gasteiger partial charge on any atom is -0.493 e. The predicted molar refractivity (Wildman–Crippen MR) is 58.2 cm³/mol. The molecule has 0 unspecified atom stereocenters. The van der Waals surface area contributed by atoms with Crippen LogP contribution in [-0.4, -0.2) is 20.7 Å². The highest BCUT2D eigenvalue weighted by molar-refractivity contribution is 9.10. The van der Waals surface area contributed by atoms with Crippen molar-refractivity contribution in [1.29, 1.82) is 0 Å². The summed E-state index contributed by atoms with van der Waals surface area (Å²) in [5.41, 5.74) is 0.519. The van der Waals surface area contributed by atoms with Gasteiger partial charge in [0.1, 0.15) is 5.82 Å². The number of likely N-dealkylation sites (N-methyl/N-ethyl adjacent to an activating group) is 1. The molecule has 0 saturated carbocycles. The minimum atomic E-state index is -0.691. The SMILES string of the molecule is CNCCc1cc(F)c(Br)c(F)c1OC. The fourth-order valence-electron chi connectivity index (χ4n) is 1.29. The summed E-state index contributed by atoms with van der Waals surface area (Å²) < 4.78 is 31.5. The van der Waals surface area contributed by atoms with Gasteiger partial charge in [0.05, 0.1) is 11.6 Å². The summed E-state index contributed by atoms with van der Waals surface area (Å²) in [6, 6.07) is 1.28. The van der Waals surface area contributed by atoms with E-state index in [0.29, 0.717) is 18.5 Å². The Morgan fingerprint density at radius 2 is 2.13 bits per heavy atom. The summed E-state index contributed by atoms with van der Waals surface area (Å²) in [5, 5.41) is 2.91. The van der Waals surface area contributed by atoms with Crippen molar-refractivity contribution in [3.8, 4) is 5.75 Å². The van der Waals surface area contributed by atoms with E-state index in [4.69, 9.17) is 4.74 Å². The highest BCUT2D eigenvalue weighted by Crippen LogP contribution is 2.31. The summed E-state index contributed by atoms with van der Waals surface area (Å²) in [6.07, 6.45) is 0.515. The van der Waals surface area contributed by atoms with E-state index in [1.807, 2.05) is 0 Å². The Kier molecular flexibility index (Phi) is 4.47. The summed E-state index contributed by atoms with van der Waals surface area (Å²) in [7, 11) is 3.14. The third kappa shape index (κ3) is 2.66. The number of rotatable bonds is 4. The van der Waals surface area contributed by atoms with Gasteiger partial charge in [-0.15, -0.1) is 0 Å². The van der Waals surface area contributed by atoms with Gasteiger partial charge in [0.2, 0.25) is 0 Å². The van der Waals surface area contributed by atoms with Crippen LogP contribution >= 0.6 is 15.9 Å². The summed E-state index contributed by atoms with van der Waals surface area (Å²) in [5.74, 6) is -1.21. The van der Waals surface area contributed by atoms with Crippen molar-refractivity contribution in [1.82, 2.24) is 5.32 Å². The smallest absolute Gasteiger partial charge is 0.182 e. The van der Waals surface area contributed by atoms with Crippen LogP contribution in [0.25, 0.3) is 0 Å². The van der Waals surface area contributed by atoms with Crippen LogP contribution in [0.15, 0.2) is 10.5 Å². The zero-order valence-corrected chi connectivity index (χ0v) is 10.1. The lowest BCUT2D eigenvalue weighted by molar-refractivity contribution is 0.376. The summed E-state index contributed by atoms with van der Waals surface area (Å²) in [6.45, 7) is 0.636. The van der Waals surface area contributed by atoms with Gasteiger partial charge in [-0.05, 0) is 42.0 Å². The highest BCUT2D eigenvalue weighted by Gasteiger charge is 2.16. The van der Waals surface area contributed by atoms with Crippen molar-refractivity contribution in [2.45, 2.75) is 6.42 Å². The average Bonchev–Trinajstić information content (AvgIpc) is 2.23. The molecular formula is C10H12BrF2NO. The fourth-order valence-corrected chi connectivity index (χ4v) is 1.59. The van der Waals surface area contributed by atoms with Crippen molar-refractivity contribution in [2.24, 2.45) is 0 Å². The van der Waals surface area contributed by atoms with E-state index in [-0.39, 0.29) is 10.2 Å². The molecule has 0 aliphatic heterocycles. The van der Waals surface area contributed by atoms with Gasteiger partial charge in [0.15, 0.2) is 11.6 Å². The van der Waals surface area contributed by atoms with Crippen molar-refractivity contribution in [3.63, 3.8) is 0 Å². The third-order valence-electron chi connectivity index (χ3n) is 2.04. The molecule has 1 rings (SSSR count). The second-order valence-electron chi connectivity index (χ2n) is 3.03. The maximum atomic E-state index is 13.5. The maximum Gasteiger partial charge on any atom is 0.182 e. The molecule has 0 atom stereocenters. The van der Waals surface area contributed by atoms with Gasteiger partial charge in [-0.2, -0.15) is 0 Å². The lowest BCUT2D eigenvalue weighted by Gasteiger charge is -2.11. The van der Waals surface area contributed by atoms with Gasteiger partial charge in [-0.1, -0.05) is 0 Å². The minimum absolute atomic E-state index is 0.0959. The van der Waals surface area contributed by atoms with Crippen LogP contribution in [0.1, 0.15) is 5.56 Å². The number of hydrogen-bond donors (Lipinski definition) is 1. The molecule has 5 heteroatoms. The molecule has 1 N–H and O–H groups in total. The normalized spacial score (nSPS) is 10.5. The molecule has 0 saturated heterocycles. The van der Waals surface area contributed by atoms with Crippen molar-refractivity contribution in [2.75, 3.05) is 20.7 Å². The molecule has 0 heterocycles. The molecule has 0 bridgehead atoms. The van der Waals surface area contributed by atoms with Crippen LogP contribution in [0.5, 0.6) is 5.75 Å². The monoisotopic (exact) mass is 279 g/mol. The zero-order valence-electron chi connectivity index (χ0n) is 8.53. The predicted octanol–water partition coefficient (Wildman–Crippen LogP) is 2.50. The van der Waals surface area contributed by atoms with E-state index >= 15 is 0 Å². The second kappa shape index (κ2) is 5.42. The first-order valence-electron chi connectivity index (χ1n) is 4.46. The summed E-state index contributed by atoms with van der Waals surface area (Å²) >= 11 is 2.83. The van der Waals surface area contributed by atoms with E-state index in [2.05, 4.69) is 21.2 Å². The number of nitrogens with one attached hydrogen (secondary N) is 1. The Morgan fingerprint density at radius 3 is 2.67 bits per heavy atom. The van der Waals surface area contributed by atoms with Crippen LogP contribution in [0.2, 0.25) is 0 Å². The summed E-state index contributed by atoms with van der Waals surface area (Å²) in [4.78, 5) is 0. The molecule has 0 spiro atoms. The van der Waals surface area contributed by atoms with E-state index in [1.54, 1.807) is 7.05 Å². The molecule has 1 aromatic carbocycles. The Bertz CT molecular complexity index is 358. The van der Waals surface area contributed by atoms with Crippen LogP contribution in [-0.2, 0) is 6.42 Å². The van der Waals surface area contributed by atoms with Crippen molar-refractivity contribution < 1.29 is 13.5 Å². The molecule has 0 fully saturated rings. The lowest BCUT2D eigenvalue weighted by Crippen LogP contribution is -2.11. The van der Waals surface area contributed by atoms with Gasteiger partial charge in [-0.25, -0.2) is 8.78 Å². The number of methoxy groups -OCH3 is 1. The van der Waals surface area contributed by atoms with E-state index in [9.17, 15) is 8.78 Å². The molecule has 15 heavy (non-hydrogen) atoms. The van der Waals surface area contributed by atoms with Gasteiger partial charge in [-0.3, -0.25) is 0 Å². The van der Waals surface area contributed by atoms with Crippen LogP contribution in [0.4, 0.5) is 8.78 Å². The first-order valence-corrected chi connectivity index (χ1v) is 5.26. The van der Waals surface area contributed by atoms with E-state index in [0.717, 1.165) is 0 Å². The standard InChI is InChI=1S/C10H12BrF2NO/c1-14-4-3-6-5-7(12)8(11)9(13)10(6)15-2/h5,14H,3-4H2,1-2H3. The Labute approximate surface area is 95.8 Å². The fraction of sp³-hybridized carbons (Fsp3) is 0.400. The number of ether oxygens (including phenoxy) is 1. The van der Waals surface area contributed by atoms with Crippen molar-refractivity contribution in [3.05, 3.63) is 27.7 Å². The molecule has 2 nitrogen and oxygen atoms in total. The topological polar surface area (TPSA) is 21.3 Å². The van der Waals surface area contributed by atoms with Crippen molar-refractivity contribution >= 4 is 15.9 Å². The van der Waals surface area contributed by atoms with Crippen LogP contribution in [0, 0.1) is 11.6 Å². The van der Waals surface area contributed by atoms with E-state index < -0.39 is 11.6 Å². The Hall–Kier alpha value is -0.680. The van der Waals surface area contributed by atoms with Gasteiger partial charge in [0, 0.05) is 5.56 Å². The average molecular weight is 280 g/mol. The Morgan fingerprint density at radius 1 is 1.47 bits per heavy atom. The number of hydrogen-bond acceptors (Lipinski definition) is 2. The molecule has 0 amide bonds. The van der Waals surface area contributed by atoms with Crippen LogP contribution < -0.4 is 10.1 Å². The first-order chi connectivity index (χ1) is 7.11. The largest absolute Gasteiger partial charge is 0.493 e. The first kappa shape index (κ1) is 12.4. The van der Waals surface area contributed by atoms with Crippen LogP contribution in [0.3, 0.4) is 0 Å². The molecule has 0 aliphatic carbocycles. The van der Waals surface area contributed by atoms with Gasteiger partial charge < -0.3 is 10.1 Å². The van der Waals surface area contributed by atoms with Gasteiger partial charge >= 0.3 is 0 Å².